The zero-order chi connectivity index (χ0) is 12.3. The molecule has 0 radical (unpaired) electrons. The van der Waals surface area contributed by atoms with E-state index in [1.165, 1.54) is 7.11 Å². The van der Waals surface area contributed by atoms with E-state index in [-0.39, 0.29) is 24.1 Å². The van der Waals surface area contributed by atoms with Crippen LogP contribution in [0, 0.1) is 5.41 Å². The van der Waals surface area contributed by atoms with Crippen molar-refractivity contribution in [2.75, 3.05) is 7.11 Å². The summed E-state index contributed by atoms with van der Waals surface area (Å²) in [6.07, 6.45) is 0. The minimum Gasteiger partial charge on any atom is -0.508 e. The summed E-state index contributed by atoms with van der Waals surface area (Å²) in [5, 5.41) is 9.35. The second-order valence-electron chi connectivity index (χ2n) is 4.29. The second-order valence-corrected chi connectivity index (χ2v) is 4.29. The number of benzene rings is 1. The molecule has 1 aromatic rings. The second kappa shape index (κ2) is 5.89. The number of phenols is 1. The number of carbonyl (C=O) groups excluding carboxylic acids is 1. The molecule has 0 aromatic heterocycles. The van der Waals surface area contributed by atoms with Crippen molar-refractivity contribution in [3.05, 3.63) is 29.8 Å². The number of rotatable bonds is 3. The highest BCUT2D eigenvalue weighted by Gasteiger charge is 2.36. The predicted molar refractivity (Wildman–Crippen MR) is 68.1 cm³/mol. The van der Waals surface area contributed by atoms with Crippen LogP contribution in [0.1, 0.15) is 25.5 Å². The van der Waals surface area contributed by atoms with E-state index in [1.807, 2.05) is 0 Å². The number of hydrogen-bond donors (Lipinski definition) is 2. The van der Waals surface area contributed by atoms with Crippen molar-refractivity contribution in [1.82, 2.24) is 0 Å². The molecule has 0 aliphatic carbocycles. The number of nitrogens with two attached hydrogens (primary N) is 1. The zero-order valence-electron chi connectivity index (χ0n) is 10.1. The van der Waals surface area contributed by atoms with Crippen LogP contribution >= 0.6 is 12.4 Å². The lowest BCUT2D eigenvalue weighted by molar-refractivity contribution is -0.152. The Bertz CT molecular complexity index is 393. The number of ether oxygens (including phenoxy) is 1. The van der Waals surface area contributed by atoms with Gasteiger partial charge >= 0.3 is 5.97 Å². The number of esters is 1. The molecular weight excluding hydrogens is 242 g/mol. The average Bonchev–Trinajstić information content (AvgIpc) is 2.26. The van der Waals surface area contributed by atoms with Crippen molar-refractivity contribution >= 4 is 18.4 Å². The van der Waals surface area contributed by atoms with E-state index in [4.69, 9.17) is 10.5 Å². The van der Waals surface area contributed by atoms with Crippen LogP contribution in [0.3, 0.4) is 0 Å². The Morgan fingerprint density at radius 2 is 2.06 bits per heavy atom. The molecule has 0 bridgehead atoms. The standard InChI is InChI=1S/C12H17NO3.ClH/c1-12(2,11(15)16-3)10(13)8-5-4-6-9(14)7-8;/h4-7,10,14H,13H2,1-3H3;1H/t10-;/m1./s1. The van der Waals surface area contributed by atoms with Gasteiger partial charge in [-0.3, -0.25) is 4.79 Å². The third-order valence-corrected chi connectivity index (χ3v) is 2.72. The summed E-state index contributed by atoms with van der Waals surface area (Å²) >= 11 is 0. The first-order valence-corrected chi connectivity index (χ1v) is 5.02. The molecule has 0 fully saturated rings. The van der Waals surface area contributed by atoms with E-state index >= 15 is 0 Å². The molecule has 1 aromatic carbocycles. The van der Waals surface area contributed by atoms with Gasteiger partial charge in [-0.15, -0.1) is 12.4 Å². The molecule has 0 saturated carbocycles. The normalized spacial score (nSPS) is 12.5. The minimum atomic E-state index is -0.831. The number of hydrogen-bond acceptors (Lipinski definition) is 4. The number of methoxy groups -OCH3 is 1. The first-order chi connectivity index (χ1) is 7.39. The van der Waals surface area contributed by atoms with Crippen molar-refractivity contribution in [2.24, 2.45) is 11.1 Å². The van der Waals surface area contributed by atoms with Gasteiger partial charge in [0.2, 0.25) is 0 Å². The van der Waals surface area contributed by atoms with Gasteiger partial charge in [0.05, 0.1) is 12.5 Å². The Kier molecular flexibility index (Phi) is 5.45. The first-order valence-electron chi connectivity index (χ1n) is 5.02. The highest BCUT2D eigenvalue weighted by molar-refractivity contribution is 5.85. The van der Waals surface area contributed by atoms with Crippen molar-refractivity contribution in [1.29, 1.82) is 0 Å². The van der Waals surface area contributed by atoms with Crippen LogP contribution in [-0.2, 0) is 9.53 Å². The summed E-state index contributed by atoms with van der Waals surface area (Å²) in [6, 6.07) is 6.05. The molecular formula is C12H18ClNO3. The summed E-state index contributed by atoms with van der Waals surface area (Å²) < 4.78 is 4.71. The average molecular weight is 260 g/mol. The molecule has 0 aliphatic rings. The maximum absolute atomic E-state index is 11.6. The Morgan fingerprint density at radius 1 is 1.47 bits per heavy atom. The molecule has 0 spiro atoms. The van der Waals surface area contributed by atoms with E-state index in [2.05, 4.69) is 0 Å². The van der Waals surface area contributed by atoms with Crippen LogP contribution in [0.25, 0.3) is 0 Å². The first kappa shape index (κ1) is 15.7. The summed E-state index contributed by atoms with van der Waals surface area (Å²) in [5.41, 5.74) is 5.88. The largest absolute Gasteiger partial charge is 0.508 e. The van der Waals surface area contributed by atoms with Crippen molar-refractivity contribution < 1.29 is 14.6 Å². The van der Waals surface area contributed by atoms with Gasteiger partial charge in [-0.05, 0) is 31.5 Å². The zero-order valence-corrected chi connectivity index (χ0v) is 11.0. The van der Waals surface area contributed by atoms with Crippen molar-refractivity contribution in [3.63, 3.8) is 0 Å². The monoisotopic (exact) mass is 259 g/mol. The van der Waals surface area contributed by atoms with Gasteiger partial charge in [-0.2, -0.15) is 0 Å². The number of aromatic hydroxyl groups is 1. The smallest absolute Gasteiger partial charge is 0.313 e. The Balaban J connectivity index is 0.00000256. The fourth-order valence-electron chi connectivity index (χ4n) is 1.52. The van der Waals surface area contributed by atoms with Gasteiger partial charge in [0, 0.05) is 6.04 Å². The van der Waals surface area contributed by atoms with Crippen molar-refractivity contribution in [2.45, 2.75) is 19.9 Å². The Hall–Kier alpha value is -1.26. The molecule has 0 amide bonds. The minimum absolute atomic E-state index is 0. The van der Waals surface area contributed by atoms with E-state index < -0.39 is 11.5 Å². The molecule has 1 rings (SSSR count). The number of carbonyl (C=O) groups is 1. The number of halogens is 1. The lowest BCUT2D eigenvalue weighted by Gasteiger charge is -2.28. The summed E-state index contributed by atoms with van der Waals surface area (Å²) in [6.45, 7) is 3.43. The Labute approximate surface area is 107 Å². The van der Waals surface area contributed by atoms with Crippen LogP contribution in [0.5, 0.6) is 5.75 Å². The van der Waals surface area contributed by atoms with Gasteiger partial charge in [-0.25, -0.2) is 0 Å². The maximum Gasteiger partial charge on any atom is 0.313 e. The van der Waals surface area contributed by atoms with Gasteiger partial charge < -0.3 is 15.6 Å². The van der Waals surface area contributed by atoms with E-state index in [0.717, 1.165) is 0 Å². The molecule has 17 heavy (non-hydrogen) atoms. The van der Waals surface area contributed by atoms with Gasteiger partial charge in [0.1, 0.15) is 5.75 Å². The molecule has 0 unspecified atom stereocenters. The lowest BCUT2D eigenvalue weighted by atomic mass is 9.81. The summed E-state index contributed by atoms with van der Waals surface area (Å²) in [7, 11) is 1.33. The summed E-state index contributed by atoms with van der Waals surface area (Å²) in [5.74, 6) is -0.239. The molecule has 0 heterocycles. The van der Waals surface area contributed by atoms with E-state index in [1.54, 1.807) is 38.1 Å². The van der Waals surface area contributed by atoms with Gasteiger partial charge in [-0.1, -0.05) is 12.1 Å². The molecule has 0 aliphatic heterocycles. The quantitative estimate of drug-likeness (QED) is 0.815. The highest BCUT2D eigenvalue weighted by Crippen LogP contribution is 2.33. The van der Waals surface area contributed by atoms with Crippen LogP contribution in [0.4, 0.5) is 0 Å². The van der Waals surface area contributed by atoms with Gasteiger partial charge in [0.15, 0.2) is 0 Å². The molecule has 96 valence electrons. The van der Waals surface area contributed by atoms with E-state index in [0.29, 0.717) is 5.56 Å². The van der Waals surface area contributed by atoms with Crippen LogP contribution < -0.4 is 5.73 Å². The van der Waals surface area contributed by atoms with Crippen LogP contribution in [0.2, 0.25) is 0 Å². The van der Waals surface area contributed by atoms with E-state index in [9.17, 15) is 9.90 Å². The molecule has 3 N–H and O–H groups in total. The van der Waals surface area contributed by atoms with Crippen molar-refractivity contribution in [3.8, 4) is 5.75 Å². The predicted octanol–water partition coefficient (Wildman–Crippen LogP) is 2.01. The third-order valence-electron chi connectivity index (χ3n) is 2.72. The third kappa shape index (κ3) is 3.35. The fraction of sp³-hybridized carbons (Fsp3) is 0.417. The summed E-state index contributed by atoms with van der Waals surface area (Å²) in [4.78, 5) is 11.6. The lowest BCUT2D eigenvalue weighted by Crippen LogP contribution is -2.37. The highest BCUT2D eigenvalue weighted by atomic mass is 35.5. The topological polar surface area (TPSA) is 72.5 Å². The molecule has 0 saturated heterocycles. The SMILES string of the molecule is COC(=O)C(C)(C)[C@H](N)c1cccc(O)c1.Cl. The fourth-order valence-corrected chi connectivity index (χ4v) is 1.52. The number of phenolic OH excluding ortho intramolecular Hbond substituents is 1. The molecule has 1 atom stereocenters. The Morgan fingerprint density at radius 3 is 2.53 bits per heavy atom. The molecule has 5 heteroatoms. The van der Waals surface area contributed by atoms with Gasteiger partial charge in [0.25, 0.3) is 0 Å². The molecule has 4 nitrogen and oxygen atoms in total. The maximum atomic E-state index is 11.6. The van der Waals surface area contributed by atoms with Crippen LogP contribution in [-0.4, -0.2) is 18.2 Å². The van der Waals surface area contributed by atoms with Crippen LogP contribution in [0.15, 0.2) is 24.3 Å².